The first-order chi connectivity index (χ1) is 9.10. The first kappa shape index (κ1) is 15.5. The maximum Gasteiger partial charge on any atom is 0.220 e. The normalized spacial score (nSPS) is 13.7. The van der Waals surface area contributed by atoms with E-state index in [4.69, 9.17) is 9.84 Å². The summed E-state index contributed by atoms with van der Waals surface area (Å²) in [5, 5.41) is 11.9. The second-order valence-corrected chi connectivity index (χ2v) is 4.74. The fourth-order valence-corrected chi connectivity index (χ4v) is 1.91. The Kier molecular flexibility index (Phi) is 6.36. The highest BCUT2D eigenvalue weighted by Gasteiger charge is 2.14. The van der Waals surface area contributed by atoms with E-state index >= 15 is 0 Å². The van der Waals surface area contributed by atoms with E-state index < -0.39 is 0 Å². The highest BCUT2D eigenvalue weighted by atomic mass is 16.5. The van der Waals surface area contributed by atoms with E-state index in [2.05, 4.69) is 5.32 Å². The number of amides is 1. The van der Waals surface area contributed by atoms with Crippen LogP contribution in [0.5, 0.6) is 5.75 Å². The van der Waals surface area contributed by atoms with Crippen molar-refractivity contribution in [3.05, 3.63) is 29.8 Å². The summed E-state index contributed by atoms with van der Waals surface area (Å²) >= 11 is 0. The molecule has 106 valence electrons. The fraction of sp³-hybridized carbons (Fsp3) is 0.533. The van der Waals surface area contributed by atoms with Gasteiger partial charge in [-0.2, -0.15) is 0 Å². The molecular formula is C15H23NO3. The molecule has 0 aromatic heterocycles. The molecule has 0 bridgehead atoms. The van der Waals surface area contributed by atoms with Gasteiger partial charge in [-0.05, 0) is 30.0 Å². The number of benzene rings is 1. The van der Waals surface area contributed by atoms with Crippen molar-refractivity contribution in [2.75, 3.05) is 13.7 Å². The van der Waals surface area contributed by atoms with Crippen LogP contribution in [0.3, 0.4) is 0 Å². The van der Waals surface area contributed by atoms with Crippen LogP contribution in [0.15, 0.2) is 24.3 Å². The molecule has 4 heteroatoms. The summed E-state index contributed by atoms with van der Waals surface area (Å²) in [7, 11) is 1.63. The minimum atomic E-state index is -0.148. The van der Waals surface area contributed by atoms with Crippen molar-refractivity contribution < 1.29 is 14.6 Å². The predicted molar refractivity (Wildman–Crippen MR) is 75.3 cm³/mol. The van der Waals surface area contributed by atoms with Crippen LogP contribution < -0.4 is 10.1 Å². The molecule has 0 saturated heterocycles. The van der Waals surface area contributed by atoms with Crippen molar-refractivity contribution >= 4 is 5.91 Å². The number of hydrogen-bond acceptors (Lipinski definition) is 3. The maximum atomic E-state index is 11.9. The topological polar surface area (TPSA) is 58.6 Å². The largest absolute Gasteiger partial charge is 0.497 e. The monoisotopic (exact) mass is 265 g/mol. The minimum absolute atomic E-state index is 0.0181. The van der Waals surface area contributed by atoms with E-state index in [1.807, 2.05) is 38.1 Å². The van der Waals surface area contributed by atoms with Gasteiger partial charge in [-0.15, -0.1) is 0 Å². The zero-order valence-electron chi connectivity index (χ0n) is 11.8. The quantitative estimate of drug-likeness (QED) is 0.793. The predicted octanol–water partition coefficient (Wildman–Crippen LogP) is 2.08. The third kappa shape index (κ3) is 4.91. The van der Waals surface area contributed by atoms with E-state index in [1.165, 1.54) is 0 Å². The summed E-state index contributed by atoms with van der Waals surface area (Å²) in [5.41, 5.74) is 1.08. The average molecular weight is 265 g/mol. The number of carbonyl (C=O) groups excluding carboxylic acids is 1. The Bertz CT molecular complexity index is 402. The van der Waals surface area contributed by atoms with Gasteiger partial charge >= 0.3 is 0 Å². The van der Waals surface area contributed by atoms with Crippen molar-refractivity contribution in [1.82, 2.24) is 5.32 Å². The Balaban J connectivity index is 2.58. The van der Waals surface area contributed by atoms with E-state index in [0.717, 1.165) is 17.7 Å². The highest BCUT2D eigenvalue weighted by Crippen LogP contribution is 2.23. The Morgan fingerprint density at radius 3 is 2.79 bits per heavy atom. The number of ether oxygens (including phenoxy) is 1. The number of methoxy groups -OCH3 is 1. The minimum Gasteiger partial charge on any atom is -0.497 e. The lowest BCUT2D eigenvalue weighted by Gasteiger charge is -2.17. The van der Waals surface area contributed by atoms with Gasteiger partial charge in [-0.3, -0.25) is 4.79 Å². The van der Waals surface area contributed by atoms with Gasteiger partial charge in [-0.25, -0.2) is 0 Å². The molecule has 0 saturated carbocycles. The maximum absolute atomic E-state index is 11.9. The molecule has 1 aromatic rings. The molecule has 0 aliphatic rings. The van der Waals surface area contributed by atoms with Crippen LogP contribution in [0.25, 0.3) is 0 Å². The first-order valence-corrected chi connectivity index (χ1v) is 6.64. The van der Waals surface area contributed by atoms with Gasteiger partial charge in [0.2, 0.25) is 5.91 Å². The van der Waals surface area contributed by atoms with Gasteiger partial charge < -0.3 is 15.2 Å². The number of carbonyl (C=O) groups is 1. The van der Waals surface area contributed by atoms with Crippen LogP contribution in [-0.2, 0) is 4.79 Å². The van der Waals surface area contributed by atoms with Crippen molar-refractivity contribution in [3.8, 4) is 5.75 Å². The molecule has 1 amide bonds. The van der Waals surface area contributed by atoms with E-state index in [9.17, 15) is 4.79 Å². The summed E-state index contributed by atoms with van der Waals surface area (Å²) in [5.74, 6) is 0.883. The van der Waals surface area contributed by atoms with Crippen LogP contribution >= 0.6 is 0 Å². The molecule has 0 unspecified atom stereocenters. The molecule has 0 radical (unpaired) electrons. The summed E-state index contributed by atoms with van der Waals surface area (Å²) in [6.45, 7) is 3.93. The molecular weight excluding hydrogens is 242 g/mol. The van der Waals surface area contributed by atoms with Gasteiger partial charge in [-0.1, -0.05) is 26.0 Å². The summed E-state index contributed by atoms with van der Waals surface area (Å²) in [6, 6.07) is 7.59. The molecule has 0 fully saturated rings. The average Bonchev–Trinajstić information content (AvgIpc) is 2.44. The van der Waals surface area contributed by atoms with Crippen molar-refractivity contribution in [2.24, 2.45) is 0 Å². The number of rotatable bonds is 7. The molecule has 1 rings (SSSR count). The zero-order chi connectivity index (χ0) is 14.3. The Labute approximate surface area is 114 Å². The second-order valence-electron chi connectivity index (χ2n) is 4.74. The first-order valence-electron chi connectivity index (χ1n) is 6.64. The Morgan fingerprint density at radius 2 is 2.21 bits per heavy atom. The Hall–Kier alpha value is -1.55. The smallest absolute Gasteiger partial charge is 0.220 e. The van der Waals surface area contributed by atoms with Crippen LogP contribution in [0.1, 0.15) is 38.2 Å². The number of hydrogen-bond donors (Lipinski definition) is 2. The number of nitrogens with one attached hydrogen (secondary N) is 1. The summed E-state index contributed by atoms with van der Waals surface area (Å²) < 4.78 is 5.18. The van der Waals surface area contributed by atoms with Gasteiger partial charge in [0, 0.05) is 6.42 Å². The van der Waals surface area contributed by atoms with Crippen LogP contribution in [0.4, 0.5) is 0 Å². The van der Waals surface area contributed by atoms with E-state index in [0.29, 0.717) is 6.42 Å². The Morgan fingerprint density at radius 1 is 1.47 bits per heavy atom. The molecule has 0 spiro atoms. The third-order valence-corrected chi connectivity index (χ3v) is 3.23. The van der Waals surface area contributed by atoms with Gasteiger partial charge in [0.15, 0.2) is 0 Å². The molecule has 0 aliphatic heterocycles. The fourth-order valence-electron chi connectivity index (χ4n) is 1.91. The second kappa shape index (κ2) is 7.79. The third-order valence-electron chi connectivity index (χ3n) is 3.23. The SMILES string of the molecule is CC[C@H](CO)NC(=O)C[C@@H](C)c1cccc(OC)c1. The van der Waals surface area contributed by atoms with Crippen molar-refractivity contribution in [1.29, 1.82) is 0 Å². The standard InChI is InChI=1S/C15H23NO3/c1-4-13(10-17)16-15(18)8-11(2)12-6-5-7-14(9-12)19-3/h5-7,9,11,13,17H,4,8,10H2,1-3H3,(H,16,18)/t11-,13-/m1/s1. The van der Waals surface area contributed by atoms with Crippen LogP contribution in [0.2, 0.25) is 0 Å². The molecule has 4 nitrogen and oxygen atoms in total. The molecule has 1 aromatic carbocycles. The molecule has 0 heterocycles. The zero-order valence-corrected chi connectivity index (χ0v) is 11.8. The van der Waals surface area contributed by atoms with Crippen LogP contribution in [0, 0.1) is 0 Å². The lowest BCUT2D eigenvalue weighted by Crippen LogP contribution is -2.37. The number of aliphatic hydroxyl groups is 1. The highest BCUT2D eigenvalue weighted by molar-refractivity contribution is 5.77. The van der Waals surface area contributed by atoms with Gasteiger partial charge in [0.1, 0.15) is 5.75 Å². The van der Waals surface area contributed by atoms with Crippen LogP contribution in [-0.4, -0.2) is 30.8 Å². The molecule has 2 N–H and O–H groups in total. The molecule has 19 heavy (non-hydrogen) atoms. The summed E-state index contributed by atoms with van der Waals surface area (Å²) in [4.78, 5) is 11.9. The molecule has 2 atom stereocenters. The van der Waals surface area contributed by atoms with Crippen molar-refractivity contribution in [2.45, 2.75) is 38.6 Å². The van der Waals surface area contributed by atoms with E-state index in [-0.39, 0.29) is 24.5 Å². The summed E-state index contributed by atoms with van der Waals surface area (Å²) in [6.07, 6.45) is 1.14. The number of aliphatic hydroxyl groups excluding tert-OH is 1. The van der Waals surface area contributed by atoms with E-state index in [1.54, 1.807) is 7.11 Å². The van der Waals surface area contributed by atoms with Gasteiger partial charge in [0.25, 0.3) is 0 Å². The van der Waals surface area contributed by atoms with Crippen molar-refractivity contribution in [3.63, 3.8) is 0 Å². The lowest BCUT2D eigenvalue weighted by atomic mass is 9.97. The van der Waals surface area contributed by atoms with Gasteiger partial charge in [0.05, 0.1) is 19.8 Å². The molecule has 0 aliphatic carbocycles. The lowest BCUT2D eigenvalue weighted by molar-refractivity contribution is -0.122.